The standard InChI is InChI=1S/C24H27ClN4O2S/c1-16-10-11-19(25)13-21(16)29-22(14-26-23(30)18-7-3-4-8-18)27-28-24(29)32-15-17-6-5-9-20(12-17)31-2/h5-6,9-13,18H,3-4,7-8,14-15H2,1-2H3,(H,26,30). The Balaban J connectivity index is 1.59. The van der Waals surface area contributed by atoms with Crippen LogP contribution in [0.4, 0.5) is 0 Å². The molecule has 1 heterocycles. The molecule has 0 unspecified atom stereocenters. The minimum Gasteiger partial charge on any atom is -0.497 e. The van der Waals surface area contributed by atoms with E-state index in [4.69, 9.17) is 16.3 Å². The van der Waals surface area contributed by atoms with E-state index in [2.05, 4.69) is 21.6 Å². The summed E-state index contributed by atoms with van der Waals surface area (Å²) in [5.41, 5.74) is 3.10. The van der Waals surface area contributed by atoms with Crippen molar-refractivity contribution in [1.29, 1.82) is 0 Å². The number of aryl methyl sites for hydroxylation is 1. The molecule has 1 aliphatic carbocycles. The summed E-state index contributed by atoms with van der Waals surface area (Å²) >= 11 is 7.90. The number of amides is 1. The number of hydrogen-bond donors (Lipinski definition) is 1. The maximum absolute atomic E-state index is 12.6. The molecule has 1 aromatic heterocycles. The Labute approximate surface area is 197 Å². The fraction of sp³-hybridized carbons (Fsp3) is 0.375. The molecule has 8 heteroatoms. The van der Waals surface area contributed by atoms with E-state index in [0.717, 1.165) is 53.4 Å². The molecule has 1 aliphatic rings. The molecular formula is C24H27ClN4O2S. The lowest BCUT2D eigenvalue weighted by atomic mass is 10.1. The molecule has 0 spiro atoms. The molecule has 32 heavy (non-hydrogen) atoms. The Morgan fingerprint density at radius 3 is 2.81 bits per heavy atom. The number of rotatable bonds is 8. The summed E-state index contributed by atoms with van der Waals surface area (Å²) in [6.45, 7) is 2.36. The predicted octanol–water partition coefficient (Wildman–Crippen LogP) is 5.34. The average Bonchev–Trinajstić information content (AvgIpc) is 3.48. The van der Waals surface area contributed by atoms with Crippen molar-refractivity contribution in [3.05, 3.63) is 64.4 Å². The van der Waals surface area contributed by atoms with Crippen LogP contribution >= 0.6 is 23.4 Å². The molecule has 6 nitrogen and oxygen atoms in total. The monoisotopic (exact) mass is 470 g/mol. The Kier molecular flexibility index (Phi) is 7.37. The first-order valence-electron chi connectivity index (χ1n) is 10.8. The van der Waals surface area contributed by atoms with E-state index >= 15 is 0 Å². The highest BCUT2D eigenvalue weighted by Gasteiger charge is 2.23. The second kappa shape index (κ2) is 10.4. The summed E-state index contributed by atoms with van der Waals surface area (Å²) < 4.78 is 7.33. The molecule has 0 saturated heterocycles. The second-order valence-corrected chi connectivity index (χ2v) is 9.38. The number of carbonyl (C=O) groups excluding carboxylic acids is 1. The van der Waals surface area contributed by atoms with E-state index < -0.39 is 0 Å². The van der Waals surface area contributed by atoms with Crippen LogP contribution in [0.2, 0.25) is 5.02 Å². The summed E-state index contributed by atoms with van der Waals surface area (Å²) in [7, 11) is 1.66. The van der Waals surface area contributed by atoms with Crippen molar-refractivity contribution in [2.45, 2.75) is 50.1 Å². The Hall–Kier alpha value is -2.51. The van der Waals surface area contributed by atoms with Gasteiger partial charge in [0.25, 0.3) is 0 Å². The van der Waals surface area contributed by atoms with Crippen LogP contribution in [0.1, 0.15) is 42.6 Å². The summed E-state index contributed by atoms with van der Waals surface area (Å²) in [5, 5.41) is 13.3. The first kappa shape index (κ1) is 22.7. The molecule has 0 atom stereocenters. The van der Waals surface area contributed by atoms with E-state index in [1.54, 1.807) is 18.9 Å². The zero-order valence-corrected chi connectivity index (χ0v) is 19.9. The zero-order chi connectivity index (χ0) is 22.5. The molecule has 0 radical (unpaired) electrons. The maximum Gasteiger partial charge on any atom is 0.223 e. The largest absolute Gasteiger partial charge is 0.497 e. The Bertz CT molecular complexity index is 1100. The first-order chi connectivity index (χ1) is 15.5. The Morgan fingerprint density at radius 1 is 1.22 bits per heavy atom. The van der Waals surface area contributed by atoms with E-state index in [0.29, 0.717) is 23.1 Å². The highest BCUT2D eigenvalue weighted by atomic mass is 35.5. The van der Waals surface area contributed by atoms with Crippen molar-refractivity contribution < 1.29 is 9.53 Å². The molecule has 1 saturated carbocycles. The molecule has 0 aliphatic heterocycles. The summed E-state index contributed by atoms with van der Waals surface area (Å²) in [6.07, 6.45) is 4.18. The highest BCUT2D eigenvalue weighted by molar-refractivity contribution is 7.98. The van der Waals surface area contributed by atoms with E-state index in [1.807, 2.05) is 47.9 Å². The molecule has 1 fully saturated rings. The second-order valence-electron chi connectivity index (χ2n) is 8.00. The van der Waals surface area contributed by atoms with Crippen LogP contribution in [0.3, 0.4) is 0 Å². The third-order valence-corrected chi connectivity index (χ3v) is 7.00. The van der Waals surface area contributed by atoms with Gasteiger partial charge >= 0.3 is 0 Å². The predicted molar refractivity (Wildman–Crippen MR) is 127 cm³/mol. The highest BCUT2D eigenvalue weighted by Crippen LogP contribution is 2.30. The van der Waals surface area contributed by atoms with Gasteiger partial charge in [-0.3, -0.25) is 9.36 Å². The third-order valence-electron chi connectivity index (χ3n) is 5.76. The normalized spacial score (nSPS) is 14.0. The van der Waals surface area contributed by atoms with Gasteiger partial charge in [-0.2, -0.15) is 0 Å². The van der Waals surface area contributed by atoms with Crippen LogP contribution < -0.4 is 10.1 Å². The van der Waals surface area contributed by atoms with Crippen molar-refractivity contribution in [2.75, 3.05) is 7.11 Å². The van der Waals surface area contributed by atoms with Crippen molar-refractivity contribution in [3.63, 3.8) is 0 Å². The molecule has 168 valence electrons. The molecule has 0 bridgehead atoms. The van der Waals surface area contributed by atoms with E-state index in [-0.39, 0.29) is 11.8 Å². The van der Waals surface area contributed by atoms with Gasteiger partial charge in [-0.25, -0.2) is 0 Å². The first-order valence-corrected chi connectivity index (χ1v) is 12.2. The molecule has 2 aromatic carbocycles. The van der Waals surface area contributed by atoms with Gasteiger partial charge in [-0.15, -0.1) is 10.2 Å². The fourth-order valence-electron chi connectivity index (χ4n) is 3.98. The smallest absolute Gasteiger partial charge is 0.223 e. The van der Waals surface area contributed by atoms with Gasteiger partial charge in [0.1, 0.15) is 5.75 Å². The molecule has 1 amide bonds. The zero-order valence-electron chi connectivity index (χ0n) is 18.3. The van der Waals surface area contributed by atoms with Crippen LogP contribution in [0.5, 0.6) is 5.75 Å². The average molecular weight is 471 g/mol. The van der Waals surface area contributed by atoms with Crippen LogP contribution in [-0.2, 0) is 17.1 Å². The summed E-state index contributed by atoms with van der Waals surface area (Å²) in [4.78, 5) is 12.6. The van der Waals surface area contributed by atoms with Crippen molar-refractivity contribution in [3.8, 4) is 11.4 Å². The van der Waals surface area contributed by atoms with Crippen molar-refractivity contribution in [2.24, 2.45) is 5.92 Å². The quantitative estimate of drug-likeness (QED) is 0.450. The minimum absolute atomic E-state index is 0.102. The van der Waals surface area contributed by atoms with Crippen LogP contribution in [0.25, 0.3) is 5.69 Å². The topological polar surface area (TPSA) is 69.0 Å². The number of nitrogens with one attached hydrogen (secondary N) is 1. The van der Waals surface area contributed by atoms with Gasteiger partial charge in [-0.1, -0.05) is 54.4 Å². The number of ether oxygens (including phenoxy) is 1. The van der Waals surface area contributed by atoms with Crippen LogP contribution in [-0.4, -0.2) is 27.8 Å². The number of thioether (sulfide) groups is 1. The fourth-order valence-corrected chi connectivity index (χ4v) is 5.06. The van der Waals surface area contributed by atoms with Gasteiger partial charge in [-0.05, 0) is 55.2 Å². The number of carbonyl (C=O) groups is 1. The van der Waals surface area contributed by atoms with Gasteiger partial charge < -0.3 is 10.1 Å². The van der Waals surface area contributed by atoms with Gasteiger partial charge in [0.05, 0.1) is 19.3 Å². The number of hydrogen-bond acceptors (Lipinski definition) is 5. The minimum atomic E-state index is 0.102. The SMILES string of the molecule is COc1cccc(CSc2nnc(CNC(=O)C3CCCC3)n2-c2cc(Cl)ccc2C)c1. The Morgan fingerprint density at radius 2 is 2.03 bits per heavy atom. The lowest BCUT2D eigenvalue weighted by molar-refractivity contribution is -0.125. The van der Waals surface area contributed by atoms with E-state index in [9.17, 15) is 4.79 Å². The number of nitrogens with zero attached hydrogens (tertiary/aromatic N) is 3. The lowest BCUT2D eigenvalue weighted by Crippen LogP contribution is -2.30. The molecular weight excluding hydrogens is 444 g/mol. The van der Waals surface area contributed by atoms with Gasteiger partial charge in [0.15, 0.2) is 11.0 Å². The maximum atomic E-state index is 12.6. The molecule has 4 rings (SSSR count). The lowest BCUT2D eigenvalue weighted by Gasteiger charge is -2.15. The van der Waals surface area contributed by atoms with Crippen molar-refractivity contribution in [1.82, 2.24) is 20.1 Å². The van der Waals surface area contributed by atoms with E-state index in [1.165, 1.54) is 0 Å². The third kappa shape index (κ3) is 5.27. The molecule has 1 N–H and O–H groups in total. The number of aromatic nitrogens is 3. The number of halogens is 1. The number of methoxy groups -OCH3 is 1. The summed E-state index contributed by atoms with van der Waals surface area (Å²) in [5.74, 6) is 2.44. The summed E-state index contributed by atoms with van der Waals surface area (Å²) in [6, 6.07) is 13.7. The number of benzene rings is 2. The van der Waals surface area contributed by atoms with Gasteiger partial charge in [0, 0.05) is 16.7 Å². The van der Waals surface area contributed by atoms with Crippen LogP contribution in [0.15, 0.2) is 47.6 Å². The van der Waals surface area contributed by atoms with Gasteiger partial charge in [0.2, 0.25) is 5.91 Å². The van der Waals surface area contributed by atoms with Crippen LogP contribution in [0, 0.1) is 12.8 Å². The van der Waals surface area contributed by atoms with Crippen molar-refractivity contribution >= 4 is 29.3 Å². The molecule has 3 aromatic rings.